The molecule has 0 aromatic heterocycles. The molecule has 4 heteroatoms. The summed E-state index contributed by atoms with van der Waals surface area (Å²) < 4.78 is 4.49. The fraction of sp³-hybridized carbons (Fsp3) is 1.00. The van der Waals surface area contributed by atoms with Gasteiger partial charge in [0.25, 0.3) is 0 Å². The molecule has 0 saturated heterocycles. The molecule has 0 aliphatic heterocycles. The molecule has 0 amide bonds. The van der Waals surface area contributed by atoms with E-state index in [0.717, 1.165) is 0 Å². The Labute approximate surface area is 44.3 Å². The molecule has 0 rings (SSSR count). The Morgan fingerprint density at radius 3 is 2.40 bits per heavy atom. The Morgan fingerprint density at radius 2 is 2.40 bits per heavy atom. The lowest BCUT2D eigenvalue weighted by Gasteiger charge is -1.80. The van der Waals surface area contributed by atoms with Gasteiger partial charge in [-0.25, -0.2) is 0 Å². The lowest BCUT2D eigenvalue weighted by atomic mass is 11.8. The van der Waals surface area contributed by atoms with Crippen molar-refractivity contribution in [3.05, 3.63) is 0 Å². The van der Waals surface area contributed by atoms with Crippen LogP contribution in [0.5, 0.6) is 0 Å². The molecular formula is CH4OS3. The van der Waals surface area contributed by atoms with Crippen molar-refractivity contribution in [2.75, 3.05) is 7.11 Å². The number of thiol groups is 1. The van der Waals surface area contributed by atoms with Crippen LogP contribution in [0, 0.1) is 0 Å². The second-order valence-corrected chi connectivity index (χ2v) is 3.12. The van der Waals surface area contributed by atoms with Crippen LogP contribution in [-0.2, 0) is 4.18 Å². The van der Waals surface area contributed by atoms with Gasteiger partial charge in [-0.15, -0.1) is 0 Å². The summed E-state index contributed by atoms with van der Waals surface area (Å²) in [5.74, 6) is 0. The summed E-state index contributed by atoms with van der Waals surface area (Å²) in [5, 5.41) is 0. The Morgan fingerprint density at radius 1 is 1.80 bits per heavy atom. The van der Waals surface area contributed by atoms with E-state index in [2.05, 4.69) is 15.8 Å². The van der Waals surface area contributed by atoms with Crippen molar-refractivity contribution in [1.82, 2.24) is 0 Å². The van der Waals surface area contributed by atoms with Gasteiger partial charge in [-0.3, -0.25) is 0 Å². The molecule has 1 nitrogen and oxygen atoms in total. The van der Waals surface area contributed by atoms with Crippen LogP contribution in [0.4, 0.5) is 0 Å². The number of hydrogen-bond donors (Lipinski definition) is 1. The molecule has 0 radical (unpaired) electrons. The van der Waals surface area contributed by atoms with E-state index < -0.39 is 0 Å². The van der Waals surface area contributed by atoms with E-state index in [9.17, 15) is 0 Å². The van der Waals surface area contributed by atoms with Gasteiger partial charge >= 0.3 is 0 Å². The van der Waals surface area contributed by atoms with Crippen LogP contribution >= 0.6 is 32.6 Å². The molecule has 0 spiro atoms. The molecular weight excluding hydrogens is 124 g/mol. The fourth-order valence-electron chi connectivity index (χ4n) is 0.0304. The predicted octanol–water partition coefficient (Wildman–Crippen LogP) is 1.77. The van der Waals surface area contributed by atoms with Gasteiger partial charge in [0.05, 0.1) is 18.2 Å². The van der Waals surface area contributed by atoms with E-state index in [1.165, 1.54) is 20.9 Å². The van der Waals surface area contributed by atoms with Gasteiger partial charge in [0.1, 0.15) is 0 Å². The number of hydrogen-bond acceptors (Lipinski definition) is 4. The fourth-order valence-corrected chi connectivity index (χ4v) is 0.822. The molecule has 0 fully saturated rings. The summed E-state index contributed by atoms with van der Waals surface area (Å²) in [4.78, 5) is 0. The van der Waals surface area contributed by atoms with Crippen molar-refractivity contribution in [2.24, 2.45) is 0 Å². The summed E-state index contributed by atoms with van der Waals surface area (Å²) in [6, 6.07) is 0. The molecule has 32 valence electrons. The smallest absolute Gasteiger partial charge is 0.0735 e. The zero-order valence-corrected chi connectivity index (χ0v) is 5.20. The van der Waals surface area contributed by atoms with Crippen molar-refractivity contribution in [1.29, 1.82) is 0 Å². The van der Waals surface area contributed by atoms with Gasteiger partial charge in [0.2, 0.25) is 0 Å². The highest BCUT2D eigenvalue weighted by molar-refractivity contribution is 9.04. The zero-order valence-electron chi connectivity index (χ0n) is 2.67. The second kappa shape index (κ2) is 5.01. The normalized spacial score (nSPS) is 8.40. The average molecular weight is 128 g/mol. The SMILES string of the molecule is COSSS. The standard InChI is InChI=1S/CH4OS3/c1-2-4-5-3/h3H,1H3. The first kappa shape index (κ1) is 6.01. The van der Waals surface area contributed by atoms with Crippen LogP contribution in [0.15, 0.2) is 0 Å². The maximum atomic E-state index is 4.49. The molecule has 0 aromatic carbocycles. The van der Waals surface area contributed by atoms with Crippen LogP contribution in [0.3, 0.4) is 0 Å². The van der Waals surface area contributed by atoms with Crippen molar-refractivity contribution in [3.63, 3.8) is 0 Å². The van der Waals surface area contributed by atoms with Crippen LogP contribution in [0.25, 0.3) is 0 Å². The van der Waals surface area contributed by atoms with E-state index in [0.29, 0.717) is 0 Å². The van der Waals surface area contributed by atoms with Gasteiger partial charge in [0.15, 0.2) is 0 Å². The summed E-state index contributed by atoms with van der Waals surface area (Å²) in [7, 11) is 2.90. The minimum absolute atomic E-state index is 1.24. The highest BCUT2D eigenvalue weighted by atomic mass is 33.5. The Kier molecular flexibility index (Phi) is 6.02. The number of rotatable bonds is 2. The summed E-state index contributed by atoms with van der Waals surface area (Å²) in [5.41, 5.74) is 0. The topological polar surface area (TPSA) is 9.23 Å². The van der Waals surface area contributed by atoms with E-state index in [1.807, 2.05) is 0 Å². The van der Waals surface area contributed by atoms with Crippen molar-refractivity contribution in [3.8, 4) is 0 Å². The Bertz CT molecular complexity index is 14.4. The molecule has 0 aliphatic rings. The van der Waals surface area contributed by atoms with Crippen LogP contribution in [0.2, 0.25) is 0 Å². The molecule has 0 saturated carbocycles. The minimum atomic E-state index is 1.24. The van der Waals surface area contributed by atoms with Crippen LogP contribution in [0.1, 0.15) is 0 Å². The highest BCUT2D eigenvalue weighted by Crippen LogP contribution is 2.23. The predicted molar refractivity (Wildman–Crippen MR) is 31.2 cm³/mol. The average Bonchev–Trinajstić information content (AvgIpc) is 1.41. The van der Waals surface area contributed by atoms with E-state index in [1.54, 1.807) is 7.11 Å². The first-order chi connectivity index (χ1) is 2.41. The van der Waals surface area contributed by atoms with Crippen molar-refractivity contribution < 1.29 is 4.18 Å². The Hall–Kier alpha value is 1.01. The summed E-state index contributed by atoms with van der Waals surface area (Å²) in [6.07, 6.45) is 0. The molecule has 5 heavy (non-hydrogen) atoms. The third-order valence-electron chi connectivity index (χ3n) is 0.0985. The quantitative estimate of drug-likeness (QED) is 0.345. The molecule has 0 aliphatic carbocycles. The van der Waals surface area contributed by atoms with Crippen molar-refractivity contribution >= 4 is 32.6 Å². The van der Waals surface area contributed by atoms with E-state index in [4.69, 9.17) is 0 Å². The van der Waals surface area contributed by atoms with Gasteiger partial charge in [-0.05, 0) is 0 Å². The maximum Gasteiger partial charge on any atom is 0.0735 e. The third kappa shape index (κ3) is 5.01. The lowest BCUT2D eigenvalue weighted by Crippen LogP contribution is -1.49. The lowest BCUT2D eigenvalue weighted by molar-refractivity contribution is 0.498. The van der Waals surface area contributed by atoms with Crippen LogP contribution < -0.4 is 0 Å². The maximum absolute atomic E-state index is 4.49. The first-order valence-electron chi connectivity index (χ1n) is 0.924. The molecule has 0 heterocycles. The van der Waals surface area contributed by atoms with Gasteiger partial charge in [0, 0.05) is 9.83 Å². The van der Waals surface area contributed by atoms with Crippen LogP contribution in [-0.4, -0.2) is 7.11 Å². The summed E-state index contributed by atoms with van der Waals surface area (Å²) in [6.45, 7) is 0. The molecule has 0 unspecified atom stereocenters. The molecule has 0 aromatic rings. The molecule has 0 N–H and O–H groups in total. The third-order valence-corrected chi connectivity index (χ3v) is 1.43. The zero-order chi connectivity index (χ0) is 4.12. The summed E-state index contributed by atoms with van der Waals surface area (Å²) >= 11 is 5.00. The van der Waals surface area contributed by atoms with E-state index in [-0.39, 0.29) is 0 Å². The minimum Gasteiger partial charge on any atom is -0.308 e. The Balaban J connectivity index is 2.19. The van der Waals surface area contributed by atoms with E-state index >= 15 is 0 Å². The largest absolute Gasteiger partial charge is 0.308 e. The van der Waals surface area contributed by atoms with Gasteiger partial charge < -0.3 is 4.18 Å². The second-order valence-electron chi connectivity index (χ2n) is 0.309. The first-order valence-corrected chi connectivity index (χ1v) is 4.05. The molecule has 0 bridgehead atoms. The monoisotopic (exact) mass is 128 g/mol. The van der Waals surface area contributed by atoms with Crippen molar-refractivity contribution in [2.45, 2.75) is 0 Å². The van der Waals surface area contributed by atoms with Gasteiger partial charge in [-0.1, -0.05) is 11.7 Å². The molecule has 0 atom stereocenters. The highest BCUT2D eigenvalue weighted by Gasteiger charge is 1.69. The van der Waals surface area contributed by atoms with Gasteiger partial charge in [-0.2, -0.15) is 0 Å².